The number of alkyl halides is 3. The zero-order valence-electron chi connectivity index (χ0n) is 16.9. The Kier molecular flexibility index (Phi) is 6.08. The number of benzene rings is 1. The van der Waals surface area contributed by atoms with Crippen LogP contribution in [0.3, 0.4) is 0 Å². The molecule has 32 heavy (non-hydrogen) atoms. The van der Waals surface area contributed by atoms with Crippen LogP contribution >= 0.6 is 34.5 Å². The van der Waals surface area contributed by atoms with Gasteiger partial charge in [0, 0.05) is 27.0 Å². The fraction of sp³-hybridized carbons (Fsp3) is 0.400. The molecule has 1 amide bonds. The summed E-state index contributed by atoms with van der Waals surface area (Å²) in [5.74, 6) is -0.198. The van der Waals surface area contributed by atoms with Crippen molar-refractivity contribution in [2.24, 2.45) is 5.16 Å². The Balaban J connectivity index is 1.50. The van der Waals surface area contributed by atoms with Crippen molar-refractivity contribution >= 4 is 46.3 Å². The molecule has 0 saturated heterocycles. The van der Waals surface area contributed by atoms with Crippen molar-refractivity contribution in [1.82, 2.24) is 10.4 Å². The third kappa shape index (κ3) is 4.28. The van der Waals surface area contributed by atoms with Crippen molar-refractivity contribution in [3.63, 3.8) is 0 Å². The quantitative estimate of drug-likeness (QED) is 0.544. The zero-order chi connectivity index (χ0) is 23.3. The first kappa shape index (κ1) is 23.2. The van der Waals surface area contributed by atoms with Crippen LogP contribution in [0.5, 0.6) is 0 Å². The molecule has 0 fully saturated rings. The summed E-state index contributed by atoms with van der Waals surface area (Å²) < 4.78 is 42.4. The minimum absolute atomic E-state index is 0.0729. The number of rotatable bonds is 4. The number of thiophene rings is 1. The molecule has 2 aliphatic heterocycles. The van der Waals surface area contributed by atoms with Gasteiger partial charge in [0.2, 0.25) is 0 Å². The van der Waals surface area contributed by atoms with Crippen LogP contribution in [0.15, 0.2) is 29.4 Å². The average Bonchev–Trinajstić information content (AvgIpc) is 3.37. The number of carbonyl (C=O) groups is 1. The van der Waals surface area contributed by atoms with Crippen molar-refractivity contribution < 1.29 is 27.6 Å². The minimum atomic E-state index is -4.75. The highest BCUT2D eigenvalue weighted by molar-refractivity contribution is 7.14. The van der Waals surface area contributed by atoms with Gasteiger partial charge in [0.15, 0.2) is 0 Å². The van der Waals surface area contributed by atoms with Crippen LogP contribution in [0.4, 0.5) is 13.2 Å². The summed E-state index contributed by atoms with van der Waals surface area (Å²) >= 11 is 13.1. The maximum Gasteiger partial charge on any atom is 0.435 e. The van der Waals surface area contributed by atoms with Gasteiger partial charge >= 0.3 is 6.18 Å². The number of nitrogens with zero attached hydrogens (tertiary/aromatic N) is 2. The Hall–Kier alpha value is -2.01. The molecule has 0 spiro atoms. The van der Waals surface area contributed by atoms with E-state index in [-0.39, 0.29) is 33.5 Å². The Morgan fingerprint density at radius 1 is 1.25 bits per heavy atom. The second-order valence-corrected chi connectivity index (χ2v) is 9.78. The van der Waals surface area contributed by atoms with Gasteiger partial charge in [-0.2, -0.15) is 13.2 Å². The van der Waals surface area contributed by atoms with Crippen molar-refractivity contribution in [3.05, 3.63) is 55.2 Å². The second kappa shape index (κ2) is 8.40. The molecule has 2 aromatic rings. The summed E-state index contributed by atoms with van der Waals surface area (Å²) in [5, 5.41) is 3.93. The van der Waals surface area contributed by atoms with E-state index in [1.54, 1.807) is 24.8 Å². The van der Waals surface area contributed by atoms with Gasteiger partial charge < -0.3 is 9.74 Å². The SMILES string of the molecule is CC(C)ONC(=O)c1cc2c(s1)CN(C1=NOC(c3cc(Cl)cc(Cl)c3)(C(F)(F)F)C1)C2. The van der Waals surface area contributed by atoms with E-state index in [1.807, 2.05) is 0 Å². The van der Waals surface area contributed by atoms with Gasteiger partial charge in [-0.3, -0.25) is 9.63 Å². The van der Waals surface area contributed by atoms with Crippen LogP contribution in [0.25, 0.3) is 0 Å². The second-order valence-electron chi connectivity index (χ2n) is 7.77. The highest BCUT2D eigenvalue weighted by Gasteiger charge is 2.63. The number of fused-ring (bicyclic) bond motifs is 1. The molecular formula is C20H18Cl2F3N3O3S. The highest BCUT2D eigenvalue weighted by Crippen LogP contribution is 2.50. The van der Waals surface area contributed by atoms with E-state index >= 15 is 0 Å². The molecule has 0 radical (unpaired) electrons. The molecule has 0 aliphatic carbocycles. The fourth-order valence-electron chi connectivity index (χ4n) is 3.53. The number of amides is 1. The molecule has 1 aromatic carbocycles. The van der Waals surface area contributed by atoms with E-state index in [1.165, 1.54) is 29.5 Å². The summed E-state index contributed by atoms with van der Waals surface area (Å²) in [5.41, 5.74) is 0.342. The predicted octanol–water partition coefficient (Wildman–Crippen LogP) is 5.63. The molecule has 6 nitrogen and oxygen atoms in total. The molecule has 0 bridgehead atoms. The lowest BCUT2D eigenvalue weighted by molar-refractivity contribution is -0.275. The van der Waals surface area contributed by atoms with E-state index in [9.17, 15) is 18.0 Å². The number of hydrogen-bond acceptors (Lipinski definition) is 6. The molecular weight excluding hydrogens is 490 g/mol. The Bertz CT molecular complexity index is 1050. The van der Waals surface area contributed by atoms with Crippen LogP contribution in [-0.2, 0) is 28.4 Å². The number of amidine groups is 1. The van der Waals surface area contributed by atoms with Gasteiger partial charge in [-0.1, -0.05) is 28.4 Å². The lowest BCUT2D eigenvalue weighted by Crippen LogP contribution is -2.43. The summed E-state index contributed by atoms with van der Waals surface area (Å²) in [4.78, 5) is 25.4. The smallest absolute Gasteiger partial charge is 0.372 e. The molecule has 3 heterocycles. The van der Waals surface area contributed by atoms with Crippen LogP contribution in [0, 0.1) is 0 Å². The molecule has 172 valence electrons. The van der Waals surface area contributed by atoms with E-state index in [0.29, 0.717) is 18.0 Å². The van der Waals surface area contributed by atoms with Gasteiger partial charge in [-0.25, -0.2) is 5.48 Å². The monoisotopic (exact) mass is 507 g/mol. The summed E-state index contributed by atoms with van der Waals surface area (Å²) in [6.07, 6.45) is -5.43. The van der Waals surface area contributed by atoms with Gasteiger partial charge in [-0.05, 0) is 43.7 Å². The lowest BCUT2D eigenvalue weighted by atomic mass is 9.89. The fourth-order valence-corrected chi connectivity index (χ4v) is 5.13. The highest BCUT2D eigenvalue weighted by atomic mass is 35.5. The molecule has 1 aromatic heterocycles. The molecule has 1 atom stereocenters. The zero-order valence-corrected chi connectivity index (χ0v) is 19.3. The van der Waals surface area contributed by atoms with Crippen molar-refractivity contribution in [2.45, 2.75) is 51.2 Å². The average molecular weight is 508 g/mol. The number of hydrogen-bond donors (Lipinski definition) is 1. The predicted molar refractivity (Wildman–Crippen MR) is 115 cm³/mol. The molecule has 1 N–H and O–H groups in total. The molecule has 4 rings (SSSR count). The third-order valence-electron chi connectivity index (χ3n) is 5.07. The molecule has 2 aliphatic rings. The summed E-state index contributed by atoms with van der Waals surface area (Å²) in [6, 6.07) is 5.43. The number of oxime groups is 1. The number of hydroxylamine groups is 1. The van der Waals surface area contributed by atoms with E-state index in [4.69, 9.17) is 32.9 Å². The lowest BCUT2D eigenvalue weighted by Gasteiger charge is -2.30. The van der Waals surface area contributed by atoms with Crippen molar-refractivity contribution in [3.8, 4) is 0 Å². The Morgan fingerprint density at radius 3 is 2.53 bits per heavy atom. The summed E-state index contributed by atoms with van der Waals surface area (Å²) in [6.45, 7) is 4.21. The van der Waals surface area contributed by atoms with Crippen LogP contribution < -0.4 is 5.48 Å². The molecule has 1 unspecified atom stereocenters. The summed E-state index contributed by atoms with van der Waals surface area (Å²) in [7, 11) is 0. The number of nitrogens with one attached hydrogen (secondary N) is 1. The maximum atomic E-state index is 14.1. The first-order chi connectivity index (χ1) is 15.0. The van der Waals surface area contributed by atoms with E-state index in [2.05, 4.69) is 10.6 Å². The van der Waals surface area contributed by atoms with E-state index < -0.39 is 18.2 Å². The normalized spacial score (nSPS) is 20.4. The van der Waals surface area contributed by atoms with Gasteiger partial charge in [-0.15, -0.1) is 11.3 Å². The number of carbonyl (C=O) groups excluding carboxylic acids is 1. The van der Waals surface area contributed by atoms with Crippen LogP contribution in [-0.4, -0.2) is 28.9 Å². The topological polar surface area (TPSA) is 63.2 Å². The maximum absolute atomic E-state index is 14.1. The molecule has 0 saturated carbocycles. The largest absolute Gasteiger partial charge is 0.435 e. The van der Waals surface area contributed by atoms with E-state index in [0.717, 1.165) is 10.4 Å². The van der Waals surface area contributed by atoms with Gasteiger partial charge in [0.05, 0.1) is 23.9 Å². The number of halogens is 5. The standard InChI is InChI=1S/C20H18Cl2F3N3O3S/c1-10(2)30-27-18(29)15-3-11-8-28(9-16(11)32-15)17-7-19(31-26-17,20(23,24)25)12-4-13(21)6-14(22)5-12/h3-6,10H,7-9H2,1-2H3,(H,27,29). The van der Waals surface area contributed by atoms with Gasteiger partial charge in [0.1, 0.15) is 5.84 Å². The Labute approximate surface area is 195 Å². The molecule has 12 heteroatoms. The first-order valence-corrected chi connectivity index (χ1v) is 11.2. The van der Waals surface area contributed by atoms with Crippen molar-refractivity contribution in [2.75, 3.05) is 0 Å². The third-order valence-corrected chi connectivity index (χ3v) is 6.67. The van der Waals surface area contributed by atoms with Crippen molar-refractivity contribution in [1.29, 1.82) is 0 Å². The first-order valence-electron chi connectivity index (χ1n) is 9.59. The van der Waals surface area contributed by atoms with Gasteiger partial charge in [0.25, 0.3) is 11.5 Å². The minimum Gasteiger partial charge on any atom is -0.372 e. The van der Waals surface area contributed by atoms with Crippen LogP contribution in [0.2, 0.25) is 10.0 Å². The Morgan fingerprint density at radius 2 is 1.94 bits per heavy atom. The van der Waals surface area contributed by atoms with Crippen LogP contribution in [0.1, 0.15) is 45.9 Å².